The van der Waals surface area contributed by atoms with Crippen LogP contribution in [0.25, 0.3) is 10.9 Å². The maximum atomic E-state index is 12.4. The minimum absolute atomic E-state index is 0.192. The fraction of sp³-hybridized carbons (Fsp3) is 0.143. The molecule has 6 heteroatoms. The minimum Gasteiger partial charge on any atom is -0.296 e. The molecule has 3 rings (SSSR count). The van der Waals surface area contributed by atoms with Gasteiger partial charge in [0.15, 0.2) is 0 Å². The Morgan fingerprint density at radius 3 is 2.75 bits per heavy atom. The van der Waals surface area contributed by atoms with E-state index in [1.54, 1.807) is 6.07 Å². The summed E-state index contributed by atoms with van der Waals surface area (Å²) in [6.07, 6.45) is 0. The number of hydrogen-bond acceptors (Lipinski definition) is 5. The van der Waals surface area contributed by atoms with E-state index in [-0.39, 0.29) is 5.91 Å². The van der Waals surface area contributed by atoms with Gasteiger partial charge in [0.1, 0.15) is 5.01 Å². The van der Waals surface area contributed by atoms with Crippen molar-refractivity contribution in [3.05, 3.63) is 46.6 Å². The van der Waals surface area contributed by atoms with E-state index < -0.39 is 0 Å². The summed E-state index contributed by atoms with van der Waals surface area (Å²) in [6.45, 7) is 3.72. The molecule has 2 aromatic heterocycles. The van der Waals surface area contributed by atoms with Crippen molar-refractivity contribution in [3.8, 4) is 0 Å². The van der Waals surface area contributed by atoms with E-state index in [9.17, 15) is 4.79 Å². The summed E-state index contributed by atoms with van der Waals surface area (Å²) in [4.78, 5) is 16.8. The first-order valence-electron chi connectivity index (χ1n) is 6.11. The monoisotopic (exact) mass is 284 g/mol. The molecular formula is C14H12N4OS. The first kappa shape index (κ1) is 12.7. The first-order chi connectivity index (χ1) is 9.63. The molecule has 1 N–H and O–H groups in total. The highest BCUT2D eigenvalue weighted by Crippen LogP contribution is 2.20. The number of rotatable bonds is 2. The molecule has 2 heterocycles. The predicted molar refractivity (Wildman–Crippen MR) is 79.1 cm³/mol. The van der Waals surface area contributed by atoms with Crippen LogP contribution in [0.5, 0.6) is 0 Å². The van der Waals surface area contributed by atoms with Crippen LogP contribution in [-0.4, -0.2) is 21.1 Å². The number of fused-ring (bicyclic) bond motifs is 1. The Balaban J connectivity index is 2.02. The zero-order valence-corrected chi connectivity index (χ0v) is 11.9. The summed E-state index contributed by atoms with van der Waals surface area (Å²) in [5.74, 6) is -0.192. The van der Waals surface area contributed by atoms with Crippen molar-refractivity contribution in [2.24, 2.45) is 0 Å². The summed E-state index contributed by atoms with van der Waals surface area (Å²) in [6, 6.07) is 9.37. The second-order valence-electron chi connectivity index (χ2n) is 4.41. The average Bonchev–Trinajstić information content (AvgIpc) is 2.83. The molecular weight excluding hydrogens is 272 g/mol. The molecule has 0 fully saturated rings. The lowest BCUT2D eigenvalue weighted by Gasteiger charge is -2.07. The number of carbonyl (C=O) groups excluding carboxylic acids is 1. The summed E-state index contributed by atoms with van der Waals surface area (Å²) < 4.78 is 0. The summed E-state index contributed by atoms with van der Waals surface area (Å²) in [5.41, 5.74) is 2.22. The number of aromatic nitrogens is 3. The lowest BCUT2D eigenvalue weighted by molar-refractivity contribution is 0.102. The van der Waals surface area contributed by atoms with Crippen LogP contribution < -0.4 is 5.32 Å². The molecule has 0 bridgehead atoms. The Bertz CT molecular complexity index is 797. The Hall–Kier alpha value is -2.34. The van der Waals surface area contributed by atoms with Crippen LogP contribution in [0.2, 0.25) is 0 Å². The Labute approximate surface area is 119 Å². The standard InChI is InChI=1S/C14H12N4OS/c1-8-7-11(10-5-3-4-6-12(10)15-8)13(19)16-14-18-17-9(2)20-14/h3-7H,1-2H3,(H,16,18,19). The molecule has 5 nitrogen and oxygen atoms in total. The first-order valence-corrected chi connectivity index (χ1v) is 6.93. The zero-order valence-electron chi connectivity index (χ0n) is 11.0. The molecule has 0 atom stereocenters. The highest BCUT2D eigenvalue weighted by atomic mass is 32.1. The van der Waals surface area contributed by atoms with Crippen molar-refractivity contribution in [1.82, 2.24) is 15.2 Å². The quantitative estimate of drug-likeness (QED) is 0.785. The lowest BCUT2D eigenvalue weighted by atomic mass is 10.1. The van der Waals surface area contributed by atoms with Gasteiger partial charge in [-0.3, -0.25) is 15.1 Å². The van der Waals surface area contributed by atoms with Crippen LogP contribution in [-0.2, 0) is 0 Å². The Kier molecular flexibility index (Phi) is 3.15. The molecule has 3 aromatic rings. The van der Waals surface area contributed by atoms with Crippen LogP contribution in [0.3, 0.4) is 0 Å². The molecule has 20 heavy (non-hydrogen) atoms. The molecule has 1 aromatic carbocycles. The highest BCUT2D eigenvalue weighted by molar-refractivity contribution is 7.15. The molecule has 0 saturated heterocycles. The third-order valence-corrected chi connectivity index (χ3v) is 3.59. The van der Waals surface area contributed by atoms with Gasteiger partial charge in [-0.1, -0.05) is 29.5 Å². The zero-order chi connectivity index (χ0) is 14.1. The Morgan fingerprint density at radius 1 is 1.20 bits per heavy atom. The molecule has 0 unspecified atom stereocenters. The van der Waals surface area contributed by atoms with E-state index >= 15 is 0 Å². The second kappa shape index (κ2) is 4.97. The molecule has 0 aliphatic heterocycles. The fourth-order valence-electron chi connectivity index (χ4n) is 2.01. The predicted octanol–water partition coefficient (Wildman–Crippen LogP) is 2.96. The number of benzene rings is 1. The fourth-order valence-corrected chi connectivity index (χ4v) is 2.59. The van der Waals surface area contributed by atoms with Gasteiger partial charge in [0.25, 0.3) is 5.91 Å². The third-order valence-electron chi connectivity index (χ3n) is 2.84. The van der Waals surface area contributed by atoms with E-state index in [4.69, 9.17) is 0 Å². The topological polar surface area (TPSA) is 67.8 Å². The normalized spacial score (nSPS) is 10.7. The number of nitrogens with zero attached hydrogens (tertiary/aromatic N) is 3. The second-order valence-corrected chi connectivity index (χ2v) is 5.59. The van der Waals surface area contributed by atoms with Crippen molar-refractivity contribution >= 4 is 33.3 Å². The van der Waals surface area contributed by atoms with Crippen LogP contribution >= 0.6 is 11.3 Å². The Morgan fingerprint density at radius 2 is 2.00 bits per heavy atom. The smallest absolute Gasteiger partial charge is 0.258 e. The molecule has 100 valence electrons. The maximum absolute atomic E-state index is 12.4. The van der Waals surface area contributed by atoms with E-state index in [2.05, 4.69) is 20.5 Å². The summed E-state index contributed by atoms with van der Waals surface area (Å²) in [7, 11) is 0. The van der Waals surface area contributed by atoms with Crippen molar-refractivity contribution in [1.29, 1.82) is 0 Å². The SMILES string of the molecule is Cc1cc(C(=O)Nc2nnc(C)s2)c2ccccc2n1. The summed E-state index contributed by atoms with van der Waals surface area (Å²) in [5, 5.41) is 12.7. The molecule has 0 spiro atoms. The summed E-state index contributed by atoms with van der Waals surface area (Å²) >= 11 is 1.35. The van der Waals surface area contributed by atoms with Crippen LogP contribution in [0.15, 0.2) is 30.3 Å². The van der Waals surface area contributed by atoms with Crippen molar-refractivity contribution < 1.29 is 4.79 Å². The van der Waals surface area contributed by atoms with Gasteiger partial charge < -0.3 is 0 Å². The van der Waals surface area contributed by atoms with Gasteiger partial charge in [-0.2, -0.15) is 0 Å². The minimum atomic E-state index is -0.192. The largest absolute Gasteiger partial charge is 0.296 e. The van der Waals surface area contributed by atoms with Gasteiger partial charge in [0, 0.05) is 11.1 Å². The number of hydrogen-bond donors (Lipinski definition) is 1. The van der Waals surface area contributed by atoms with E-state index in [0.717, 1.165) is 21.6 Å². The maximum Gasteiger partial charge on any atom is 0.258 e. The van der Waals surface area contributed by atoms with E-state index in [0.29, 0.717) is 10.7 Å². The van der Waals surface area contributed by atoms with Crippen molar-refractivity contribution in [2.45, 2.75) is 13.8 Å². The van der Waals surface area contributed by atoms with Gasteiger partial charge in [-0.25, -0.2) is 0 Å². The van der Waals surface area contributed by atoms with Gasteiger partial charge in [0.05, 0.1) is 11.1 Å². The van der Waals surface area contributed by atoms with E-state index in [1.165, 1.54) is 11.3 Å². The molecule has 0 aliphatic carbocycles. The molecule has 0 aliphatic rings. The molecule has 0 saturated carbocycles. The number of pyridine rings is 1. The van der Waals surface area contributed by atoms with Gasteiger partial charge >= 0.3 is 0 Å². The molecule has 0 radical (unpaired) electrons. The van der Waals surface area contributed by atoms with Crippen molar-refractivity contribution in [2.75, 3.05) is 5.32 Å². The van der Waals surface area contributed by atoms with Crippen LogP contribution in [0.1, 0.15) is 21.1 Å². The number of para-hydroxylation sites is 1. The number of anilines is 1. The molecule has 1 amide bonds. The third kappa shape index (κ3) is 2.37. The number of aryl methyl sites for hydroxylation is 2. The van der Waals surface area contributed by atoms with E-state index in [1.807, 2.05) is 38.1 Å². The number of amides is 1. The van der Waals surface area contributed by atoms with Gasteiger partial charge in [0.2, 0.25) is 5.13 Å². The average molecular weight is 284 g/mol. The van der Waals surface area contributed by atoms with Crippen molar-refractivity contribution in [3.63, 3.8) is 0 Å². The number of nitrogens with one attached hydrogen (secondary N) is 1. The van der Waals surface area contributed by atoms with Gasteiger partial charge in [-0.05, 0) is 26.0 Å². The number of carbonyl (C=O) groups is 1. The van der Waals surface area contributed by atoms with Crippen LogP contribution in [0.4, 0.5) is 5.13 Å². The lowest BCUT2D eigenvalue weighted by Crippen LogP contribution is -2.13. The van der Waals surface area contributed by atoms with Crippen LogP contribution in [0, 0.1) is 13.8 Å². The van der Waals surface area contributed by atoms with Gasteiger partial charge in [-0.15, -0.1) is 10.2 Å². The highest BCUT2D eigenvalue weighted by Gasteiger charge is 2.13.